The number of amides is 2. The van der Waals surface area contributed by atoms with Gasteiger partial charge >= 0.3 is 6.09 Å². The van der Waals surface area contributed by atoms with Gasteiger partial charge in [-0.3, -0.25) is 15.0 Å². The second-order valence-corrected chi connectivity index (χ2v) is 8.61. The van der Waals surface area contributed by atoms with Crippen molar-refractivity contribution in [3.63, 3.8) is 0 Å². The highest BCUT2D eigenvalue weighted by Gasteiger charge is 2.44. The fourth-order valence-electron chi connectivity index (χ4n) is 3.58. The van der Waals surface area contributed by atoms with Crippen LogP contribution in [-0.2, 0) is 9.53 Å². The van der Waals surface area contributed by atoms with Gasteiger partial charge in [-0.2, -0.15) is 0 Å². The van der Waals surface area contributed by atoms with E-state index in [1.165, 1.54) is 6.07 Å². The highest BCUT2D eigenvalue weighted by molar-refractivity contribution is 6.21. The van der Waals surface area contributed by atoms with E-state index in [0.29, 0.717) is 16.8 Å². The molecular weight excluding hydrogens is 420 g/mol. The number of alkyl carbamates (subject to hydrolysis) is 1. The summed E-state index contributed by atoms with van der Waals surface area (Å²) in [6.45, 7) is 3.26. The average molecular weight is 443 g/mol. The monoisotopic (exact) mass is 443 g/mol. The van der Waals surface area contributed by atoms with Gasteiger partial charge in [0.05, 0.1) is 17.9 Å². The lowest BCUT2D eigenvalue weighted by Crippen LogP contribution is -2.51. The molecule has 2 aliphatic heterocycles. The molecule has 4 rings (SSSR count). The zero-order valence-electron chi connectivity index (χ0n) is 17.9. The Hall–Kier alpha value is -3.49. The lowest BCUT2D eigenvalue weighted by molar-refractivity contribution is -0.121. The van der Waals surface area contributed by atoms with Crippen molar-refractivity contribution < 1.29 is 27.8 Å². The first-order valence-corrected chi connectivity index (χ1v) is 10.1. The maximum Gasteiger partial charge on any atom is 0.409 e. The molecule has 2 aromatic carbocycles. The summed E-state index contributed by atoms with van der Waals surface area (Å²) in [4.78, 5) is 31.3. The summed E-state index contributed by atoms with van der Waals surface area (Å²) < 4.78 is 39.6. The summed E-state index contributed by atoms with van der Waals surface area (Å²) in [5.74, 6) is -3.95. The molecule has 0 fully saturated rings. The van der Waals surface area contributed by atoms with Crippen LogP contribution in [0.2, 0.25) is 0 Å². The van der Waals surface area contributed by atoms with E-state index < -0.39 is 42.8 Å². The SMILES string of the molecule is CC(C)(C)OC(=O)NC1N=C(c2ccccc2)c2cccc3c2N(CC(F)(F)CO3)C1=O. The summed E-state index contributed by atoms with van der Waals surface area (Å²) >= 11 is 0. The molecule has 1 atom stereocenters. The lowest BCUT2D eigenvalue weighted by atomic mass is 9.99. The van der Waals surface area contributed by atoms with Crippen molar-refractivity contribution in [1.82, 2.24) is 5.32 Å². The smallest absolute Gasteiger partial charge is 0.409 e. The van der Waals surface area contributed by atoms with Crippen molar-refractivity contribution in [3.05, 3.63) is 59.7 Å². The van der Waals surface area contributed by atoms with E-state index in [1.807, 2.05) is 6.07 Å². The van der Waals surface area contributed by atoms with Crippen LogP contribution in [0.4, 0.5) is 19.3 Å². The van der Waals surface area contributed by atoms with Gasteiger partial charge in [0.2, 0.25) is 6.17 Å². The quantitative estimate of drug-likeness (QED) is 0.767. The van der Waals surface area contributed by atoms with Gasteiger partial charge in [0.25, 0.3) is 11.8 Å². The Labute approximate surface area is 184 Å². The van der Waals surface area contributed by atoms with Crippen LogP contribution in [0.15, 0.2) is 53.5 Å². The first-order chi connectivity index (χ1) is 15.0. The predicted molar refractivity (Wildman–Crippen MR) is 114 cm³/mol. The van der Waals surface area contributed by atoms with E-state index in [9.17, 15) is 18.4 Å². The molecule has 0 spiro atoms. The Bertz CT molecular complexity index is 1080. The van der Waals surface area contributed by atoms with E-state index in [0.717, 1.165) is 4.90 Å². The number of aliphatic imine (C=N–C) groups is 1. The predicted octanol–water partition coefficient (Wildman–Crippen LogP) is 3.75. The summed E-state index contributed by atoms with van der Waals surface area (Å²) in [5, 5.41) is 2.43. The minimum Gasteiger partial charge on any atom is -0.485 e. The van der Waals surface area contributed by atoms with Gasteiger partial charge in [-0.25, -0.2) is 18.6 Å². The number of benzene rings is 2. The molecule has 9 heteroatoms. The number of nitrogens with zero attached hydrogens (tertiary/aromatic N) is 2. The number of para-hydroxylation sites is 1. The lowest BCUT2D eigenvalue weighted by Gasteiger charge is -2.27. The third-order valence-electron chi connectivity index (χ3n) is 4.81. The number of carbonyl (C=O) groups is 2. The van der Waals surface area contributed by atoms with Crippen molar-refractivity contribution in [2.24, 2.45) is 4.99 Å². The molecule has 2 aliphatic rings. The molecule has 32 heavy (non-hydrogen) atoms. The molecule has 0 saturated carbocycles. The third kappa shape index (κ3) is 4.42. The fourth-order valence-corrected chi connectivity index (χ4v) is 3.58. The zero-order valence-corrected chi connectivity index (χ0v) is 17.9. The standard InChI is InChI=1S/C23H23F2N3O4/c1-22(2,3)32-21(30)27-19-20(29)28-12-23(24,25)13-31-16-11-7-10-15(18(16)28)17(26-19)14-8-5-4-6-9-14/h4-11,19H,12-13H2,1-3H3,(H,27,30). The van der Waals surface area contributed by atoms with Crippen LogP contribution in [0.3, 0.4) is 0 Å². The number of nitrogens with one attached hydrogen (secondary N) is 1. The Balaban J connectivity index is 1.86. The van der Waals surface area contributed by atoms with Crippen LogP contribution in [0.1, 0.15) is 31.9 Å². The molecule has 2 amide bonds. The molecule has 168 valence electrons. The Morgan fingerprint density at radius 1 is 1.19 bits per heavy atom. The van der Waals surface area contributed by atoms with E-state index in [-0.39, 0.29) is 11.4 Å². The second kappa shape index (κ2) is 7.89. The summed E-state index contributed by atoms with van der Waals surface area (Å²) in [7, 11) is 0. The largest absolute Gasteiger partial charge is 0.485 e. The number of anilines is 1. The summed E-state index contributed by atoms with van der Waals surface area (Å²) in [6, 6.07) is 13.9. The molecule has 1 unspecified atom stereocenters. The minimum atomic E-state index is -3.29. The number of hydrogen-bond donors (Lipinski definition) is 1. The number of ether oxygens (including phenoxy) is 2. The van der Waals surface area contributed by atoms with Gasteiger partial charge in [0.1, 0.15) is 11.4 Å². The van der Waals surface area contributed by atoms with E-state index in [2.05, 4.69) is 10.3 Å². The van der Waals surface area contributed by atoms with Crippen molar-refractivity contribution in [3.8, 4) is 5.75 Å². The normalized spacial score (nSPS) is 19.7. The Morgan fingerprint density at radius 2 is 1.91 bits per heavy atom. The second-order valence-electron chi connectivity index (χ2n) is 8.61. The number of carbonyl (C=O) groups excluding carboxylic acids is 2. The zero-order chi connectivity index (χ0) is 23.1. The van der Waals surface area contributed by atoms with Crippen molar-refractivity contribution in [2.45, 2.75) is 38.5 Å². The van der Waals surface area contributed by atoms with Gasteiger partial charge < -0.3 is 9.47 Å². The van der Waals surface area contributed by atoms with Crippen LogP contribution in [0, 0.1) is 0 Å². The Kier molecular flexibility index (Phi) is 5.36. The van der Waals surface area contributed by atoms with Crippen molar-refractivity contribution in [2.75, 3.05) is 18.1 Å². The van der Waals surface area contributed by atoms with Crippen molar-refractivity contribution in [1.29, 1.82) is 0 Å². The maximum atomic E-state index is 14.5. The van der Waals surface area contributed by atoms with E-state index in [4.69, 9.17) is 9.47 Å². The molecule has 0 radical (unpaired) electrons. The van der Waals surface area contributed by atoms with Gasteiger partial charge in [0.15, 0.2) is 6.61 Å². The third-order valence-corrected chi connectivity index (χ3v) is 4.81. The summed E-state index contributed by atoms with van der Waals surface area (Å²) in [5.41, 5.74) is 0.860. The molecule has 0 bridgehead atoms. The molecule has 0 aromatic heterocycles. The van der Waals surface area contributed by atoms with Crippen molar-refractivity contribution >= 4 is 23.4 Å². The first kappa shape index (κ1) is 21.7. The molecule has 7 nitrogen and oxygen atoms in total. The highest BCUT2D eigenvalue weighted by Crippen LogP contribution is 2.40. The Morgan fingerprint density at radius 3 is 2.59 bits per heavy atom. The van der Waals surface area contributed by atoms with Crippen LogP contribution < -0.4 is 15.0 Å². The number of halogens is 2. The highest BCUT2D eigenvalue weighted by atomic mass is 19.3. The van der Waals surface area contributed by atoms with Gasteiger partial charge in [-0.1, -0.05) is 42.5 Å². The molecular formula is C23H23F2N3O4. The maximum absolute atomic E-state index is 14.5. The number of hydrogen-bond acceptors (Lipinski definition) is 5. The summed E-state index contributed by atoms with van der Waals surface area (Å²) in [6.07, 6.45) is -2.34. The molecule has 2 aromatic rings. The molecule has 0 saturated heterocycles. The van der Waals surface area contributed by atoms with Crippen LogP contribution in [0.25, 0.3) is 0 Å². The number of rotatable bonds is 2. The minimum absolute atomic E-state index is 0.148. The van der Waals surface area contributed by atoms with Crippen LogP contribution >= 0.6 is 0 Å². The molecule has 1 N–H and O–H groups in total. The topological polar surface area (TPSA) is 80.2 Å². The molecule has 0 aliphatic carbocycles. The molecule has 2 heterocycles. The van der Waals surface area contributed by atoms with Gasteiger partial charge in [-0.05, 0) is 26.8 Å². The van der Waals surface area contributed by atoms with E-state index in [1.54, 1.807) is 57.2 Å². The van der Waals surface area contributed by atoms with Crippen LogP contribution in [-0.4, -0.2) is 48.6 Å². The van der Waals surface area contributed by atoms with Gasteiger partial charge in [-0.15, -0.1) is 0 Å². The fraction of sp³-hybridized carbons (Fsp3) is 0.348. The van der Waals surface area contributed by atoms with Crippen LogP contribution in [0.5, 0.6) is 5.75 Å². The first-order valence-electron chi connectivity index (χ1n) is 10.1. The number of alkyl halides is 2. The van der Waals surface area contributed by atoms with E-state index >= 15 is 0 Å². The average Bonchev–Trinajstić information content (AvgIpc) is 2.92. The van der Waals surface area contributed by atoms with Gasteiger partial charge in [0, 0.05) is 11.1 Å².